The minimum Gasteiger partial charge on any atom is -0.419 e. The van der Waals surface area contributed by atoms with Crippen LogP contribution < -0.4 is 4.74 Å². The molecule has 186 valence electrons. The molecule has 3 unspecified atom stereocenters. The van der Waals surface area contributed by atoms with Gasteiger partial charge in [0.05, 0.1) is 18.5 Å². The zero-order valence-corrected chi connectivity index (χ0v) is 21.7. The Morgan fingerprint density at radius 1 is 1.14 bits per heavy atom. The summed E-state index contributed by atoms with van der Waals surface area (Å²) in [6.45, 7) is 6.64. The molecular formula is C28H28FNO5P+. The monoisotopic (exact) mass is 508 g/mol. The van der Waals surface area contributed by atoms with Crippen molar-refractivity contribution in [2.24, 2.45) is 0 Å². The smallest absolute Gasteiger partial charge is 0.419 e. The van der Waals surface area contributed by atoms with Crippen LogP contribution >= 0.6 is 8.03 Å². The first-order valence-electron chi connectivity index (χ1n) is 11.3. The highest BCUT2D eigenvalue weighted by Gasteiger charge is 2.63. The maximum atomic E-state index is 14.1. The molecule has 36 heavy (non-hydrogen) atoms. The number of aryl methyl sites for hydroxylation is 1. The largest absolute Gasteiger partial charge is 0.542 e. The molecule has 0 saturated carbocycles. The van der Waals surface area contributed by atoms with Crippen LogP contribution in [0.4, 0.5) is 4.39 Å². The van der Waals surface area contributed by atoms with E-state index in [1.807, 2.05) is 44.2 Å². The van der Waals surface area contributed by atoms with Crippen molar-refractivity contribution in [2.75, 3.05) is 7.11 Å². The van der Waals surface area contributed by atoms with Crippen molar-refractivity contribution >= 4 is 14.0 Å². The number of carbonyl (C=O) groups is 1. The lowest BCUT2D eigenvalue weighted by molar-refractivity contribution is -0.138. The van der Waals surface area contributed by atoms with Crippen LogP contribution in [-0.2, 0) is 13.9 Å². The molecule has 0 aliphatic heterocycles. The van der Waals surface area contributed by atoms with E-state index in [1.54, 1.807) is 25.1 Å². The number of rotatable bonds is 8. The van der Waals surface area contributed by atoms with Crippen LogP contribution in [0.3, 0.4) is 0 Å². The first kappa shape index (κ1) is 27.2. The Bertz CT molecular complexity index is 1330. The van der Waals surface area contributed by atoms with E-state index in [9.17, 15) is 18.9 Å². The average Bonchev–Trinajstić information content (AvgIpc) is 2.86. The van der Waals surface area contributed by atoms with E-state index in [2.05, 4.69) is 5.92 Å². The number of aromatic nitrogens is 1. The van der Waals surface area contributed by atoms with E-state index in [-0.39, 0.29) is 17.5 Å². The third-order valence-corrected chi connectivity index (χ3v) is 7.46. The minimum atomic E-state index is -2.82. The number of esters is 1. The molecule has 0 saturated heterocycles. The molecule has 3 rings (SSSR count). The Morgan fingerprint density at radius 3 is 2.33 bits per heavy atom. The molecule has 8 heteroatoms. The molecule has 1 aromatic heterocycles. The van der Waals surface area contributed by atoms with Gasteiger partial charge in [-0.15, -0.1) is 10.9 Å². The molecule has 1 N–H and O–H groups in total. The summed E-state index contributed by atoms with van der Waals surface area (Å²) in [5.74, 6) is 0.529. The van der Waals surface area contributed by atoms with E-state index in [0.29, 0.717) is 28.1 Å². The maximum absolute atomic E-state index is 14.1. The van der Waals surface area contributed by atoms with Crippen LogP contribution in [0.2, 0.25) is 0 Å². The van der Waals surface area contributed by atoms with Crippen LogP contribution in [0.15, 0.2) is 54.6 Å². The topological polar surface area (TPSA) is 85.7 Å². The summed E-state index contributed by atoms with van der Waals surface area (Å²) in [4.78, 5) is 18.2. The highest BCUT2D eigenvalue weighted by molar-refractivity contribution is 7.43. The standard InChI is InChI=1S/C28H28FNO5P/c1-7-28(19(5)31,36(33)34-6)27(32)35-26-22(21-13-14-23(29)18(4)15-21)16-24(30-25(26)17(2)3)20-11-9-8-10-12-20/h1,8-17,19,31H,2-6H3/q+1. The summed E-state index contributed by atoms with van der Waals surface area (Å²) in [5.41, 5.74) is 3.34. The molecule has 0 aliphatic carbocycles. The fourth-order valence-electron chi connectivity index (χ4n) is 3.78. The van der Waals surface area contributed by atoms with Crippen molar-refractivity contribution in [1.82, 2.24) is 4.98 Å². The van der Waals surface area contributed by atoms with Crippen molar-refractivity contribution in [1.29, 1.82) is 0 Å². The van der Waals surface area contributed by atoms with E-state index >= 15 is 0 Å². The second-order valence-electron chi connectivity index (χ2n) is 8.67. The van der Waals surface area contributed by atoms with Crippen LogP contribution in [0.1, 0.15) is 37.9 Å². The SMILES string of the molecule is C#CC(C(=O)Oc1c(-c2ccc(F)c(C)c2)cc(-c2ccccc2)nc1C(C)C)(C(C)O)[P+](=O)OC. The Kier molecular flexibility index (Phi) is 8.37. The molecule has 1 heterocycles. The number of hydrogen-bond acceptors (Lipinski definition) is 6. The number of ether oxygens (including phenoxy) is 1. The van der Waals surface area contributed by atoms with E-state index < -0.39 is 25.3 Å². The van der Waals surface area contributed by atoms with Gasteiger partial charge in [-0.25, -0.2) is 14.2 Å². The minimum absolute atomic E-state index is 0.0838. The van der Waals surface area contributed by atoms with Crippen molar-refractivity contribution in [3.8, 4) is 40.5 Å². The molecule has 0 spiro atoms. The van der Waals surface area contributed by atoms with Gasteiger partial charge < -0.3 is 9.84 Å². The van der Waals surface area contributed by atoms with E-state index in [0.717, 1.165) is 12.7 Å². The predicted octanol–water partition coefficient (Wildman–Crippen LogP) is 6.03. The fourth-order valence-corrected chi connectivity index (χ4v) is 4.67. The number of pyridine rings is 1. The lowest BCUT2D eigenvalue weighted by atomic mass is 9.96. The molecular weight excluding hydrogens is 480 g/mol. The van der Waals surface area contributed by atoms with Crippen LogP contribution in [0.5, 0.6) is 5.75 Å². The maximum Gasteiger partial charge on any atom is 0.542 e. The summed E-state index contributed by atoms with van der Waals surface area (Å²) in [7, 11) is -1.69. The molecule has 6 nitrogen and oxygen atoms in total. The summed E-state index contributed by atoms with van der Waals surface area (Å²) < 4.78 is 37.5. The van der Waals surface area contributed by atoms with Gasteiger partial charge in [-0.2, -0.15) is 0 Å². The third kappa shape index (κ3) is 5.08. The normalized spacial score (nSPS) is 14.0. The molecule has 0 radical (unpaired) electrons. The first-order chi connectivity index (χ1) is 17.1. The Balaban J connectivity index is 2.31. The summed E-state index contributed by atoms with van der Waals surface area (Å²) in [6, 6.07) is 15.7. The zero-order chi connectivity index (χ0) is 26.6. The van der Waals surface area contributed by atoms with Gasteiger partial charge in [-0.1, -0.05) is 50.2 Å². The number of hydrogen-bond donors (Lipinski definition) is 1. The van der Waals surface area contributed by atoms with Gasteiger partial charge in [-0.05, 0) is 59.6 Å². The quantitative estimate of drug-likeness (QED) is 0.227. The lowest BCUT2D eigenvalue weighted by Crippen LogP contribution is -2.46. The number of aliphatic hydroxyl groups is 1. The van der Waals surface area contributed by atoms with Crippen molar-refractivity contribution < 1.29 is 28.1 Å². The number of terminal acetylenes is 1. The molecule has 2 aromatic carbocycles. The predicted molar refractivity (Wildman–Crippen MR) is 137 cm³/mol. The Hall–Kier alpha value is -3.43. The fraction of sp³-hybridized carbons (Fsp3) is 0.286. The number of benzene rings is 2. The zero-order valence-electron chi connectivity index (χ0n) is 20.8. The van der Waals surface area contributed by atoms with E-state index in [4.69, 9.17) is 20.7 Å². The summed E-state index contributed by atoms with van der Waals surface area (Å²) in [6.07, 6.45) is 4.06. The van der Waals surface area contributed by atoms with E-state index in [1.165, 1.54) is 13.0 Å². The second-order valence-corrected chi connectivity index (χ2v) is 10.3. The highest BCUT2D eigenvalue weighted by atomic mass is 31.1. The van der Waals surface area contributed by atoms with Crippen molar-refractivity contribution in [3.05, 3.63) is 71.7 Å². The molecule has 0 bridgehead atoms. The van der Waals surface area contributed by atoms with Gasteiger partial charge in [0.15, 0.2) is 5.75 Å². The van der Waals surface area contributed by atoms with Gasteiger partial charge in [0.25, 0.3) is 0 Å². The van der Waals surface area contributed by atoms with Gasteiger partial charge in [0, 0.05) is 11.1 Å². The van der Waals surface area contributed by atoms with Crippen LogP contribution in [0, 0.1) is 25.1 Å². The van der Waals surface area contributed by atoms with Crippen molar-refractivity contribution in [3.63, 3.8) is 0 Å². The Morgan fingerprint density at radius 2 is 1.81 bits per heavy atom. The average molecular weight is 509 g/mol. The first-order valence-corrected chi connectivity index (χ1v) is 12.5. The van der Waals surface area contributed by atoms with Crippen molar-refractivity contribution in [2.45, 2.75) is 44.9 Å². The van der Waals surface area contributed by atoms with Crippen LogP contribution in [0.25, 0.3) is 22.4 Å². The second kappa shape index (κ2) is 11.1. The van der Waals surface area contributed by atoms with Gasteiger partial charge in [0.2, 0.25) is 0 Å². The molecule has 0 aliphatic rings. The number of carbonyl (C=O) groups excluding carboxylic acids is 1. The van der Waals surface area contributed by atoms with Crippen LogP contribution in [-0.4, -0.2) is 34.4 Å². The van der Waals surface area contributed by atoms with Gasteiger partial charge in [-0.3, -0.25) is 0 Å². The molecule has 0 amide bonds. The number of nitrogens with zero attached hydrogens (tertiary/aromatic N) is 1. The molecule has 0 fully saturated rings. The molecule has 3 atom stereocenters. The lowest BCUT2D eigenvalue weighted by Gasteiger charge is -2.22. The van der Waals surface area contributed by atoms with Gasteiger partial charge >= 0.3 is 19.2 Å². The number of aliphatic hydroxyl groups excluding tert-OH is 1. The number of halogens is 1. The highest BCUT2D eigenvalue weighted by Crippen LogP contribution is 2.45. The van der Waals surface area contributed by atoms with Gasteiger partial charge in [0.1, 0.15) is 11.9 Å². The summed E-state index contributed by atoms with van der Waals surface area (Å²) >= 11 is 0. The molecule has 3 aromatic rings. The Labute approximate surface area is 211 Å². The third-order valence-electron chi connectivity index (χ3n) is 5.87. The summed E-state index contributed by atoms with van der Waals surface area (Å²) in [5, 5.41) is 8.13.